The standard InChI is InChI=1S/C20H40O5/c1-3-5-6-10-13-18(22)19(23)14-11-8-7-9-12-15-20(24)25-16-17(21)4-2/h17-19,21-23H,3-16H2,1-2H3. The topological polar surface area (TPSA) is 87.0 Å². The molecule has 0 aromatic rings. The molecule has 0 aliphatic carbocycles. The van der Waals surface area contributed by atoms with Crippen LogP contribution in [-0.2, 0) is 9.53 Å². The summed E-state index contributed by atoms with van der Waals surface area (Å²) in [4.78, 5) is 11.4. The van der Waals surface area contributed by atoms with Crippen molar-refractivity contribution in [2.75, 3.05) is 6.61 Å². The van der Waals surface area contributed by atoms with Crippen LogP contribution in [0.4, 0.5) is 0 Å². The molecule has 0 spiro atoms. The average molecular weight is 361 g/mol. The van der Waals surface area contributed by atoms with Crippen LogP contribution >= 0.6 is 0 Å². The molecular formula is C20H40O5. The lowest BCUT2D eigenvalue weighted by Gasteiger charge is -2.17. The second kappa shape index (κ2) is 16.8. The summed E-state index contributed by atoms with van der Waals surface area (Å²) in [7, 11) is 0. The van der Waals surface area contributed by atoms with Gasteiger partial charge in [0, 0.05) is 6.42 Å². The van der Waals surface area contributed by atoms with Gasteiger partial charge >= 0.3 is 5.97 Å². The first-order valence-corrected chi connectivity index (χ1v) is 10.2. The Morgan fingerprint density at radius 2 is 1.32 bits per heavy atom. The van der Waals surface area contributed by atoms with Gasteiger partial charge < -0.3 is 20.1 Å². The molecule has 0 aromatic heterocycles. The normalized spacial score (nSPS) is 14.9. The number of carbonyl (C=O) groups excluding carboxylic acids is 1. The molecule has 0 fully saturated rings. The van der Waals surface area contributed by atoms with Crippen LogP contribution in [0.5, 0.6) is 0 Å². The third-order valence-electron chi connectivity index (χ3n) is 4.59. The lowest BCUT2D eigenvalue weighted by Crippen LogP contribution is -2.25. The van der Waals surface area contributed by atoms with Crippen LogP contribution < -0.4 is 0 Å². The Bertz CT molecular complexity index is 308. The number of aliphatic hydroxyl groups is 3. The highest BCUT2D eigenvalue weighted by molar-refractivity contribution is 5.69. The van der Waals surface area contributed by atoms with E-state index in [4.69, 9.17) is 4.74 Å². The summed E-state index contributed by atoms with van der Waals surface area (Å²) in [6.07, 6.45) is 9.72. The predicted molar refractivity (Wildman–Crippen MR) is 100 cm³/mol. The predicted octanol–water partition coefficient (Wildman–Crippen LogP) is 3.72. The molecule has 0 aliphatic heterocycles. The summed E-state index contributed by atoms with van der Waals surface area (Å²) in [5.74, 6) is -0.242. The number of carbonyl (C=O) groups is 1. The summed E-state index contributed by atoms with van der Waals surface area (Å²) in [6, 6.07) is 0. The number of hydrogen-bond donors (Lipinski definition) is 3. The quantitative estimate of drug-likeness (QED) is 0.272. The maximum absolute atomic E-state index is 11.4. The zero-order valence-electron chi connectivity index (χ0n) is 16.3. The molecule has 0 heterocycles. The molecule has 3 unspecified atom stereocenters. The van der Waals surface area contributed by atoms with E-state index in [1.54, 1.807) is 0 Å². The molecule has 0 saturated carbocycles. The van der Waals surface area contributed by atoms with E-state index in [0.29, 0.717) is 25.7 Å². The maximum atomic E-state index is 11.4. The fourth-order valence-electron chi connectivity index (χ4n) is 2.70. The molecule has 0 bridgehead atoms. The lowest BCUT2D eigenvalue weighted by atomic mass is 10.00. The van der Waals surface area contributed by atoms with Gasteiger partial charge in [-0.05, 0) is 25.7 Å². The van der Waals surface area contributed by atoms with Crippen molar-refractivity contribution in [1.29, 1.82) is 0 Å². The first kappa shape index (κ1) is 24.4. The van der Waals surface area contributed by atoms with Crippen molar-refractivity contribution in [1.82, 2.24) is 0 Å². The highest BCUT2D eigenvalue weighted by atomic mass is 16.5. The fraction of sp³-hybridized carbons (Fsp3) is 0.950. The molecule has 3 atom stereocenters. The minimum absolute atomic E-state index is 0.0913. The molecule has 3 N–H and O–H groups in total. The Morgan fingerprint density at radius 3 is 1.88 bits per heavy atom. The average Bonchev–Trinajstić information content (AvgIpc) is 2.61. The molecule has 25 heavy (non-hydrogen) atoms. The summed E-state index contributed by atoms with van der Waals surface area (Å²) in [5.41, 5.74) is 0. The van der Waals surface area contributed by atoms with Crippen molar-refractivity contribution in [3.63, 3.8) is 0 Å². The number of rotatable bonds is 17. The maximum Gasteiger partial charge on any atom is 0.305 e. The van der Waals surface area contributed by atoms with Gasteiger partial charge in [0.2, 0.25) is 0 Å². The largest absolute Gasteiger partial charge is 0.463 e. The van der Waals surface area contributed by atoms with E-state index < -0.39 is 18.3 Å². The van der Waals surface area contributed by atoms with Crippen molar-refractivity contribution < 1.29 is 24.9 Å². The van der Waals surface area contributed by atoms with Crippen LogP contribution in [0.15, 0.2) is 0 Å². The van der Waals surface area contributed by atoms with Crippen LogP contribution in [0.1, 0.15) is 97.3 Å². The number of aliphatic hydroxyl groups excluding tert-OH is 3. The number of ether oxygens (including phenoxy) is 1. The molecule has 5 heteroatoms. The molecule has 150 valence electrons. The Morgan fingerprint density at radius 1 is 0.800 bits per heavy atom. The minimum atomic E-state index is -0.610. The summed E-state index contributed by atoms with van der Waals surface area (Å²) >= 11 is 0. The smallest absolute Gasteiger partial charge is 0.305 e. The highest BCUT2D eigenvalue weighted by Gasteiger charge is 2.15. The van der Waals surface area contributed by atoms with Gasteiger partial charge in [-0.15, -0.1) is 0 Å². The Hall–Kier alpha value is -0.650. The summed E-state index contributed by atoms with van der Waals surface area (Å²) < 4.78 is 4.98. The minimum Gasteiger partial charge on any atom is -0.463 e. The molecule has 0 radical (unpaired) electrons. The molecule has 0 aliphatic rings. The Labute approximate surface area is 153 Å². The zero-order chi connectivity index (χ0) is 18.9. The van der Waals surface area contributed by atoms with E-state index in [1.165, 1.54) is 12.8 Å². The SMILES string of the molecule is CCCCCCC(O)C(O)CCCCCCCC(=O)OCC(O)CC. The molecule has 0 saturated heterocycles. The van der Waals surface area contributed by atoms with Gasteiger partial charge in [0.25, 0.3) is 0 Å². The van der Waals surface area contributed by atoms with Crippen molar-refractivity contribution in [3.05, 3.63) is 0 Å². The van der Waals surface area contributed by atoms with Gasteiger partial charge in [-0.2, -0.15) is 0 Å². The van der Waals surface area contributed by atoms with Gasteiger partial charge in [0.05, 0.1) is 18.3 Å². The van der Waals surface area contributed by atoms with Crippen LogP contribution in [0.25, 0.3) is 0 Å². The first-order chi connectivity index (χ1) is 12.0. The number of esters is 1. The van der Waals surface area contributed by atoms with Gasteiger partial charge in [-0.3, -0.25) is 4.79 Å². The van der Waals surface area contributed by atoms with Crippen LogP contribution in [-0.4, -0.2) is 46.2 Å². The van der Waals surface area contributed by atoms with Crippen molar-refractivity contribution in [3.8, 4) is 0 Å². The van der Waals surface area contributed by atoms with Gasteiger partial charge in [0.15, 0.2) is 0 Å². The molecule has 0 amide bonds. The van der Waals surface area contributed by atoms with Gasteiger partial charge in [-0.25, -0.2) is 0 Å². The molecule has 0 aromatic carbocycles. The van der Waals surface area contributed by atoms with Gasteiger partial charge in [0.1, 0.15) is 6.61 Å². The second-order valence-electron chi connectivity index (χ2n) is 7.04. The first-order valence-electron chi connectivity index (χ1n) is 10.2. The van der Waals surface area contributed by atoms with E-state index in [1.807, 2.05) is 6.92 Å². The number of hydrogen-bond acceptors (Lipinski definition) is 5. The van der Waals surface area contributed by atoms with Crippen molar-refractivity contribution in [2.24, 2.45) is 0 Å². The van der Waals surface area contributed by atoms with E-state index in [9.17, 15) is 20.1 Å². The van der Waals surface area contributed by atoms with Crippen LogP contribution in [0.3, 0.4) is 0 Å². The molecular weight excluding hydrogens is 320 g/mol. The third-order valence-corrected chi connectivity index (χ3v) is 4.59. The molecule has 0 rings (SSSR count). The third kappa shape index (κ3) is 15.3. The highest BCUT2D eigenvalue weighted by Crippen LogP contribution is 2.14. The van der Waals surface area contributed by atoms with Crippen molar-refractivity contribution in [2.45, 2.75) is 116 Å². The van der Waals surface area contributed by atoms with Gasteiger partial charge in [-0.1, -0.05) is 65.2 Å². The lowest BCUT2D eigenvalue weighted by molar-refractivity contribution is -0.146. The fourth-order valence-corrected chi connectivity index (χ4v) is 2.70. The number of unbranched alkanes of at least 4 members (excludes halogenated alkanes) is 7. The van der Waals surface area contributed by atoms with E-state index in [0.717, 1.165) is 44.9 Å². The Kier molecular flexibility index (Phi) is 16.4. The summed E-state index contributed by atoms with van der Waals surface area (Å²) in [5, 5.41) is 29.2. The zero-order valence-corrected chi connectivity index (χ0v) is 16.3. The van der Waals surface area contributed by atoms with E-state index in [2.05, 4.69) is 6.92 Å². The second-order valence-corrected chi connectivity index (χ2v) is 7.04. The van der Waals surface area contributed by atoms with Crippen LogP contribution in [0.2, 0.25) is 0 Å². The Balaban J connectivity index is 3.46. The van der Waals surface area contributed by atoms with E-state index in [-0.39, 0.29) is 12.6 Å². The monoisotopic (exact) mass is 360 g/mol. The molecule has 5 nitrogen and oxygen atoms in total. The van der Waals surface area contributed by atoms with Crippen LogP contribution in [0, 0.1) is 0 Å². The van der Waals surface area contributed by atoms with E-state index >= 15 is 0 Å². The van der Waals surface area contributed by atoms with Crippen molar-refractivity contribution >= 4 is 5.97 Å². The summed E-state index contributed by atoms with van der Waals surface area (Å²) in [6.45, 7) is 4.10.